The van der Waals surface area contributed by atoms with Gasteiger partial charge in [-0.1, -0.05) is 13.0 Å². The molecule has 108 valence electrons. The van der Waals surface area contributed by atoms with Crippen LogP contribution in [0.3, 0.4) is 0 Å². The quantitative estimate of drug-likeness (QED) is 0.679. The van der Waals surface area contributed by atoms with Gasteiger partial charge in [-0.15, -0.1) is 0 Å². The van der Waals surface area contributed by atoms with E-state index in [-0.39, 0.29) is 12.1 Å². The maximum Gasteiger partial charge on any atom is 0.131 e. The Morgan fingerprint density at radius 1 is 1.32 bits per heavy atom. The van der Waals surface area contributed by atoms with Crippen molar-refractivity contribution in [1.29, 1.82) is 0 Å². The molecule has 0 radical (unpaired) electrons. The minimum atomic E-state index is -0.975. The van der Waals surface area contributed by atoms with Gasteiger partial charge in [0.15, 0.2) is 0 Å². The van der Waals surface area contributed by atoms with Crippen LogP contribution in [0, 0.1) is 11.6 Å². The summed E-state index contributed by atoms with van der Waals surface area (Å²) in [4.78, 5) is 0. The molecular weight excluding hydrogens is 252 g/mol. The van der Waals surface area contributed by atoms with Gasteiger partial charge in [-0.3, -0.25) is 0 Å². The molecule has 1 rings (SSSR count). The summed E-state index contributed by atoms with van der Waals surface area (Å²) < 4.78 is 31.4. The first-order valence-electron chi connectivity index (χ1n) is 6.56. The highest BCUT2D eigenvalue weighted by Crippen LogP contribution is 2.17. The van der Waals surface area contributed by atoms with Crippen LogP contribution in [0.25, 0.3) is 0 Å². The van der Waals surface area contributed by atoms with Crippen molar-refractivity contribution >= 4 is 0 Å². The van der Waals surface area contributed by atoms with Gasteiger partial charge in [-0.25, -0.2) is 8.78 Å². The van der Waals surface area contributed by atoms with Gasteiger partial charge in [-0.2, -0.15) is 0 Å². The van der Waals surface area contributed by atoms with Crippen LogP contribution in [0.1, 0.15) is 31.4 Å². The Morgan fingerprint density at radius 2 is 2.11 bits per heavy atom. The molecule has 2 N–H and O–H groups in total. The summed E-state index contributed by atoms with van der Waals surface area (Å²) in [6.45, 7) is 4.39. The Labute approximate surface area is 112 Å². The van der Waals surface area contributed by atoms with Crippen molar-refractivity contribution in [1.82, 2.24) is 5.32 Å². The predicted octanol–water partition coefficient (Wildman–Crippen LogP) is 2.40. The Hall–Kier alpha value is -1.04. The normalized spacial score (nSPS) is 12.6. The van der Waals surface area contributed by atoms with E-state index in [0.29, 0.717) is 13.2 Å². The van der Waals surface area contributed by atoms with Gasteiger partial charge in [0, 0.05) is 31.4 Å². The molecule has 1 aromatic rings. The van der Waals surface area contributed by atoms with Gasteiger partial charge in [0.25, 0.3) is 0 Å². The van der Waals surface area contributed by atoms with Gasteiger partial charge in [0.2, 0.25) is 0 Å². The van der Waals surface area contributed by atoms with E-state index >= 15 is 0 Å². The molecular formula is C14H21F2NO2. The van der Waals surface area contributed by atoms with E-state index in [1.54, 1.807) is 0 Å². The number of rotatable bonds is 9. The Balaban J connectivity index is 2.22. The number of benzene rings is 1. The van der Waals surface area contributed by atoms with Crippen LogP contribution in [0.4, 0.5) is 8.78 Å². The fourth-order valence-corrected chi connectivity index (χ4v) is 1.67. The molecule has 0 spiro atoms. The smallest absolute Gasteiger partial charge is 0.131 e. The highest BCUT2D eigenvalue weighted by Gasteiger charge is 2.12. The van der Waals surface area contributed by atoms with E-state index in [2.05, 4.69) is 5.32 Å². The molecule has 0 aliphatic carbocycles. The molecule has 0 saturated heterocycles. The fourth-order valence-electron chi connectivity index (χ4n) is 1.67. The third kappa shape index (κ3) is 6.09. The number of halogens is 2. The molecule has 0 saturated carbocycles. The van der Waals surface area contributed by atoms with Crippen LogP contribution in [-0.2, 0) is 4.74 Å². The summed E-state index contributed by atoms with van der Waals surface area (Å²) in [5.74, 6) is -1.37. The second-order valence-electron chi connectivity index (χ2n) is 4.35. The molecule has 1 atom stereocenters. The predicted molar refractivity (Wildman–Crippen MR) is 69.9 cm³/mol. The number of ether oxygens (including phenoxy) is 1. The molecule has 1 unspecified atom stereocenters. The summed E-state index contributed by atoms with van der Waals surface area (Å²) in [5.41, 5.74) is 0.108. The van der Waals surface area contributed by atoms with E-state index < -0.39 is 17.7 Å². The zero-order valence-corrected chi connectivity index (χ0v) is 11.2. The monoisotopic (exact) mass is 273 g/mol. The Kier molecular flexibility index (Phi) is 7.55. The summed E-state index contributed by atoms with van der Waals surface area (Å²) in [5, 5.41) is 12.8. The highest BCUT2D eigenvalue weighted by atomic mass is 19.1. The van der Waals surface area contributed by atoms with Crippen molar-refractivity contribution in [2.45, 2.75) is 25.9 Å². The lowest BCUT2D eigenvalue weighted by Gasteiger charge is -2.13. The van der Waals surface area contributed by atoms with Gasteiger partial charge in [0.05, 0.1) is 6.10 Å². The third-order valence-electron chi connectivity index (χ3n) is 2.65. The SMILES string of the molecule is CCCOCCCNCC(O)c1ccc(F)cc1F. The van der Waals surface area contributed by atoms with E-state index in [1.807, 2.05) is 6.92 Å². The van der Waals surface area contributed by atoms with E-state index in [4.69, 9.17) is 4.74 Å². The largest absolute Gasteiger partial charge is 0.387 e. The van der Waals surface area contributed by atoms with E-state index in [0.717, 1.165) is 31.6 Å². The molecule has 0 aliphatic heterocycles. The van der Waals surface area contributed by atoms with Crippen LogP contribution in [0.2, 0.25) is 0 Å². The standard InChI is InChI=1S/C14H21F2NO2/c1-2-7-19-8-3-6-17-10-14(18)12-5-4-11(15)9-13(12)16/h4-5,9,14,17-18H,2-3,6-8,10H2,1H3. The average Bonchev–Trinajstić information content (AvgIpc) is 2.37. The first-order valence-corrected chi connectivity index (χ1v) is 6.56. The second-order valence-corrected chi connectivity index (χ2v) is 4.35. The van der Waals surface area contributed by atoms with Crippen molar-refractivity contribution in [3.8, 4) is 0 Å². The summed E-state index contributed by atoms with van der Waals surface area (Å²) in [7, 11) is 0. The number of hydrogen-bond acceptors (Lipinski definition) is 3. The second kappa shape index (κ2) is 8.96. The first kappa shape index (κ1) is 16.0. The number of hydrogen-bond donors (Lipinski definition) is 2. The maximum absolute atomic E-state index is 13.4. The fraction of sp³-hybridized carbons (Fsp3) is 0.571. The van der Waals surface area contributed by atoms with Crippen LogP contribution < -0.4 is 5.32 Å². The van der Waals surface area contributed by atoms with Crippen LogP contribution >= 0.6 is 0 Å². The first-order chi connectivity index (χ1) is 9.15. The van der Waals surface area contributed by atoms with Crippen molar-refractivity contribution < 1.29 is 18.6 Å². The molecule has 5 heteroatoms. The van der Waals surface area contributed by atoms with Crippen LogP contribution in [0.5, 0.6) is 0 Å². The van der Waals surface area contributed by atoms with Gasteiger partial charge in [0.1, 0.15) is 11.6 Å². The van der Waals surface area contributed by atoms with Crippen LogP contribution in [-0.4, -0.2) is 31.4 Å². The van der Waals surface area contributed by atoms with E-state index in [1.165, 1.54) is 6.07 Å². The molecule has 0 heterocycles. The molecule has 0 amide bonds. The summed E-state index contributed by atoms with van der Waals surface area (Å²) in [6.07, 6.45) is 0.853. The number of aliphatic hydroxyl groups excluding tert-OH is 1. The molecule has 0 fully saturated rings. The highest BCUT2D eigenvalue weighted by molar-refractivity contribution is 5.21. The molecule has 1 aromatic carbocycles. The lowest BCUT2D eigenvalue weighted by molar-refractivity contribution is 0.129. The average molecular weight is 273 g/mol. The van der Waals surface area contributed by atoms with Crippen molar-refractivity contribution in [2.75, 3.05) is 26.3 Å². The van der Waals surface area contributed by atoms with Gasteiger partial charge >= 0.3 is 0 Å². The molecule has 0 bridgehead atoms. The molecule has 0 aromatic heterocycles. The van der Waals surface area contributed by atoms with E-state index in [9.17, 15) is 13.9 Å². The van der Waals surface area contributed by atoms with Gasteiger partial charge in [-0.05, 0) is 25.5 Å². The van der Waals surface area contributed by atoms with Crippen molar-refractivity contribution in [3.63, 3.8) is 0 Å². The Bertz CT molecular complexity index is 374. The minimum absolute atomic E-state index is 0.108. The zero-order chi connectivity index (χ0) is 14.1. The zero-order valence-electron chi connectivity index (χ0n) is 11.2. The molecule has 3 nitrogen and oxygen atoms in total. The summed E-state index contributed by atoms with van der Waals surface area (Å²) >= 11 is 0. The lowest BCUT2D eigenvalue weighted by Crippen LogP contribution is -2.24. The molecule has 0 aliphatic rings. The Morgan fingerprint density at radius 3 is 2.79 bits per heavy atom. The number of aliphatic hydroxyl groups is 1. The number of nitrogens with one attached hydrogen (secondary N) is 1. The topological polar surface area (TPSA) is 41.5 Å². The van der Waals surface area contributed by atoms with Crippen molar-refractivity contribution in [3.05, 3.63) is 35.4 Å². The maximum atomic E-state index is 13.4. The van der Waals surface area contributed by atoms with Gasteiger partial charge < -0.3 is 15.2 Å². The summed E-state index contributed by atoms with van der Waals surface area (Å²) in [6, 6.07) is 3.18. The third-order valence-corrected chi connectivity index (χ3v) is 2.65. The van der Waals surface area contributed by atoms with Crippen LogP contribution in [0.15, 0.2) is 18.2 Å². The molecule has 19 heavy (non-hydrogen) atoms. The minimum Gasteiger partial charge on any atom is -0.387 e. The van der Waals surface area contributed by atoms with Crippen molar-refractivity contribution in [2.24, 2.45) is 0 Å². The lowest BCUT2D eigenvalue weighted by atomic mass is 10.1.